The predicted molar refractivity (Wildman–Crippen MR) is 65.1 cm³/mol. The highest BCUT2D eigenvalue weighted by Crippen LogP contribution is 2.24. The van der Waals surface area contributed by atoms with Crippen LogP contribution in [0, 0.1) is 5.92 Å². The van der Waals surface area contributed by atoms with Crippen molar-refractivity contribution in [1.29, 1.82) is 0 Å². The number of thiol groups is 1. The Morgan fingerprint density at radius 1 is 1.62 bits per heavy atom. The molecule has 0 aromatic carbocycles. The molecule has 1 amide bonds. The minimum absolute atomic E-state index is 0.122. The quantitative estimate of drug-likeness (QED) is 0.809. The first-order valence-electron chi connectivity index (χ1n) is 5.16. The lowest BCUT2D eigenvalue weighted by Gasteiger charge is -2.15. The van der Waals surface area contributed by atoms with Crippen LogP contribution < -0.4 is 9.64 Å². The van der Waals surface area contributed by atoms with Crippen molar-refractivity contribution >= 4 is 24.4 Å². The third-order valence-electron chi connectivity index (χ3n) is 2.70. The van der Waals surface area contributed by atoms with Gasteiger partial charge < -0.3 is 4.74 Å². The molecule has 1 unspecified atom stereocenters. The van der Waals surface area contributed by atoms with Crippen LogP contribution in [0.15, 0.2) is 18.3 Å². The molecule has 1 aromatic heterocycles. The zero-order chi connectivity index (χ0) is 11.5. The molecule has 2 rings (SSSR count). The number of ether oxygens (including phenoxy) is 1. The second kappa shape index (κ2) is 4.74. The van der Waals surface area contributed by atoms with E-state index >= 15 is 0 Å². The van der Waals surface area contributed by atoms with Gasteiger partial charge in [0.05, 0.1) is 13.3 Å². The highest BCUT2D eigenvalue weighted by Gasteiger charge is 2.30. The van der Waals surface area contributed by atoms with Crippen LogP contribution in [0.4, 0.5) is 5.82 Å². The van der Waals surface area contributed by atoms with E-state index in [4.69, 9.17) is 4.74 Å². The average Bonchev–Trinajstić information content (AvgIpc) is 2.71. The van der Waals surface area contributed by atoms with Gasteiger partial charge in [-0.2, -0.15) is 12.6 Å². The average molecular weight is 238 g/mol. The van der Waals surface area contributed by atoms with E-state index < -0.39 is 0 Å². The zero-order valence-electron chi connectivity index (χ0n) is 9.09. The highest BCUT2D eigenvalue weighted by molar-refractivity contribution is 7.80. The number of hydrogen-bond donors (Lipinski definition) is 1. The van der Waals surface area contributed by atoms with Crippen LogP contribution in [0.25, 0.3) is 0 Å². The molecule has 0 N–H and O–H groups in total. The van der Waals surface area contributed by atoms with E-state index in [0.29, 0.717) is 30.5 Å². The van der Waals surface area contributed by atoms with Crippen LogP contribution in [0.1, 0.15) is 6.42 Å². The Morgan fingerprint density at radius 2 is 2.44 bits per heavy atom. The van der Waals surface area contributed by atoms with Crippen molar-refractivity contribution in [2.24, 2.45) is 5.92 Å². The Hall–Kier alpha value is -1.23. The van der Waals surface area contributed by atoms with Crippen LogP contribution in [0.3, 0.4) is 0 Å². The Bertz CT molecular complexity index is 380. The molecule has 0 saturated carbocycles. The number of hydrogen-bond acceptors (Lipinski definition) is 4. The summed E-state index contributed by atoms with van der Waals surface area (Å²) in [6.07, 6.45) is 2.19. The van der Waals surface area contributed by atoms with E-state index in [1.165, 1.54) is 0 Å². The van der Waals surface area contributed by atoms with Gasteiger partial charge in [-0.1, -0.05) is 0 Å². The highest BCUT2D eigenvalue weighted by atomic mass is 32.1. The fourth-order valence-corrected chi connectivity index (χ4v) is 2.02. The van der Waals surface area contributed by atoms with Crippen molar-refractivity contribution in [2.75, 3.05) is 24.3 Å². The van der Waals surface area contributed by atoms with E-state index in [-0.39, 0.29) is 5.91 Å². The maximum atomic E-state index is 11.7. The number of pyridine rings is 1. The van der Waals surface area contributed by atoms with Gasteiger partial charge in [0.15, 0.2) is 0 Å². The second-order valence-corrected chi connectivity index (χ2v) is 4.18. The van der Waals surface area contributed by atoms with Crippen LogP contribution in [-0.4, -0.2) is 30.3 Å². The molecule has 1 fully saturated rings. The van der Waals surface area contributed by atoms with Gasteiger partial charge >= 0.3 is 0 Å². The number of anilines is 1. The molecule has 1 saturated heterocycles. The summed E-state index contributed by atoms with van der Waals surface area (Å²) < 4.78 is 5.02. The van der Waals surface area contributed by atoms with Gasteiger partial charge in [-0.15, -0.1) is 0 Å². The number of aromatic nitrogens is 1. The molecular formula is C11H14N2O2S. The van der Waals surface area contributed by atoms with E-state index in [9.17, 15) is 4.79 Å². The summed E-state index contributed by atoms with van der Waals surface area (Å²) in [5.41, 5.74) is 0. The molecule has 1 aliphatic rings. The normalized spacial score (nSPS) is 20.2. The summed E-state index contributed by atoms with van der Waals surface area (Å²) in [5, 5.41) is 0. The van der Waals surface area contributed by atoms with Gasteiger partial charge in [0, 0.05) is 13.0 Å². The molecule has 16 heavy (non-hydrogen) atoms. The first-order chi connectivity index (χ1) is 7.74. The zero-order valence-corrected chi connectivity index (χ0v) is 9.98. The molecule has 86 valence electrons. The van der Waals surface area contributed by atoms with Gasteiger partial charge in [-0.3, -0.25) is 9.69 Å². The van der Waals surface area contributed by atoms with Gasteiger partial charge in [0.25, 0.3) is 0 Å². The Kier molecular flexibility index (Phi) is 3.33. The second-order valence-electron chi connectivity index (χ2n) is 3.81. The number of nitrogens with zero attached hydrogens (tertiary/aromatic N) is 2. The monoisotopic (exact) mass is 238 g/mol. The molecule has 1 aliphatic heterocycles. The summed E-state index contributed by atoms with van der Waals surface area (Å²) in [4.78, 5) is 17.6. The van der Waals surface area contributed by atoms with E-state index in [1.807, 2.05) is 6.07 Å². The first-order valence-corrected chi connectivity index (χ1v) is 5.79. The maximum absolute atomic E-state index is 11.7. The van der Waals surface area contributed by atoms with E-state index in [2.05, 4.69) is 17.6 Å². The van der Waals surface area contributed by atoms with Gasteiger partial charge in [0.2, 0.25) is 5.91 Å². The van der Waals surface area contributed by atoms with Crippen LogP contribution in [0.2, 0.25) is 0 Å². The molecule has 2 heterocycles. The molecule has 5 heteroatoms. The number of carbonyl (C=O) groups is 1. The van der Waals surface area contributed by atoms with Crippen molar-refractivity contribution in [3.8, 4) is 5.75 Å². The van der Waals surface area contributed by atoms with Crippen LogP contribution in [0.5, 0.6) is 5.75 Å². The van der Waals surface area contributed by atoms with Gasteiger partial charge in [-0.05, 0) is 23.8 Å². The third kappa shape index (κ3) is 2.14. The molecule has 1 aromatic rings. The largest absolute Gasteiger partial charge is 0.495 e. The van der Waals surface area contributed by atoms with Crippen molar-refractivity contribution < 1.29 is 9.53 Å². The Balaban J connectivity index is 2.15. The topological polar surface area (TPSA) is 42.4 Å². The van der Waals surface area contributed by atoms with Crippen molar-refractivity contribution in [3.63, 3.8) is 0 Å². The molecule has 4 nitrogen and oxygen atoms in total. The molecule has 0 bridgehead atoms. The minimum Gasteiger partial charge on any atom is -0.495 e. The minimum atomic E-state index is 0.122. The number of methoxy groups -OCH3 is 1. The SMILES string of the molecule is COc1ccc(N2CC(CS)CC2=O)nc1. The van der Waals surface area contributed by atoms with Crippen molar-refractivity contribution in [3.05, 3.63) is 18.3 Å². The maximum Gasteiger partial charge on any atom is 0.228 e. The lowest BCUT2D eigenvalue weighted by atomic mass is 10.1. The smallest absolute Gasteiger partial charge is 0.228 e. The number of amides is 1. The first kappa shape index (κ1) is 11.3. The summed E-state index contributed by atoms with van der Waals surface area (Å²) in [5.74, 6) is 2.57. The van der Waals surface area contributed by atoms with Crippen molar-refractivity contribution in [2.45, 2.75) is 6.42 Å². The summed E-state index contributed by atoms with van der Waals surface area (Å²) in [6, 6.07) is 3.61. The van der Waals surface area contributed by atoms with E-state index in [0.717, 1.165) is 5.75 Å². The van der Waals surface area contributed by atoms with Crippen molar-refractivity contribution in [1.82, 2.24) is 4.98 Å². The molecular weight excluding hydrogens is 224 g/mol. The lowest BCUT2D eigenvalue weighted by molar-refractivity contribution is -0.117. The number of carbonyl (C=O) groups excluding carboxylic acids is 1. The Morgan fingerprint density at radius 3 is 2.94 bits per heavy atom. The van der Waals surface area contributed by atoms with E-state index in [1.54, 1.807) is 24.3 Å². The number of rotatable bonds is 3. The summed E-state index contributed by atoms with van der Waals surface area (Å²) in [7, 11) is 1.59. The fraction of sp³-hybridized carbons (Fsp3) is 0.455. The van der Waals surface area contributed by atoms with Gasteiger partial charge in [-0.25, -0.2) is 4.98 Å². The lowest BCUT2D eigenvalue weighted by Crippen LogP contribution is -2.25. The molecule has 0 aliphatic carbocycles. The third-order valence-corrected chi connectivity index (χ3v) is 3.21. The molecule has 0 spiro atoms. The molecule has 0 radical (unpaired) electrons. The fourth-order valence-electron chi connectivity index (χ4n) is 1.78. The van der Waals surface area contributed by atoms with Crippen LogP contribution >= 0.6 is 12.6 Å². The van der Waals surface area contributed by atoms with Crippen LogP contribution in [-0.2, 0) is 4.79 Å². The van der Waals surface area contributed by atoms with Gasteiger partial charge in [0.1, 0.15) is 11.6 Å². The standard InChI is InChI=1S/C11H14N2O2S/c1-15-9-2-3-10(12-5-9)13-6-8(7-16)4-11(13)14/h2-3,5,8,16H,4,6-7H2,1H3. The molecule has 1 atom stereocenters. The summed E-state index contributed by atoms with van der Waals surface area (Å²) in [6.45, 7) is 0.710. The Labute approximate surface area is 100 Å². The predicted octanol–water partition coefficient (Wildman–Crippen LogP) is 1.37. The summed E-state index contributed by atoms with van der Waals surface area (Å²) >= 11 is 4.22.